The highest BCUT2D eigenvalue weighted by molar-refractivity contribution is 5.91. The van der Waals surface area contributed by atoms with E-state index in [-0.39, 0.29) is 12.5 Å². The molecule has 0 aliphatic rings. The van der Waals surface area contributed by atoms with Crippen LogP contribution in [0, 0.1) is 0 Å². The van der Waals surface area contributed by atoms with Crippen molar-refractivity contribution in [2.75, 3.05) is 6.54 Å². The summed E-state index contributed by atoms with van der Waals surface area (Å²) in [5.41, 5.74) is -0.572. The fourth-order valence-electron chi connectivity index (χ4n) is 1.46. The van der Waals surface area contributed by atoms with E-state index in [2.05, 4.69) is 5.32 Å². The molecule has 5 heteroatoms. The Bertz CT molecular complexity index is 466. The predicted molar refractivity (Wildman–Crippen MR) is 71.4 cm³/mol. The van der Waals surface area contributed by atoms with Gasteiger partial charge in [0.05, 0.1) is 12.0 Å². The molecule has 0 aliphatic heterocycles. The maximum atomic E-state index is 11.5. The first-order chi connectivity index (χ1) is 8.89. The molecule has 1 aromatic rings. The van der Waals surface area contributed by atoms with Crippen molar-refractivity contribution in [2.24, 2.45) is 0 Å². The molecule has 19 heavy (non-hydrogen) atoms. The minimum absolute atomic E-state index is 0.114. The summed E-state index contributed by atoms with van der Waals surface area (Å²) >= 11 is 0. The molecule has 0 spiro atoms. The Balaban J connectivity index is 2.44. The molecule has 5 nitrogen and oxygen atoms in total. The van der Waals surface area contributed by atoms with Crippen molar-refractivity contribution in [3.8, 4) is 0 Å². The molecule has 0 aromatic heterocycles. The van der Waals surface area contributed by atoms with E-state index in [1.165, 1.54) is 13.0 Å². The first-order valence-electron chi connectivity index (χ1n) is 5.84. The van der Waals surface area contributed by atoms with Gasteiger partial charge in [-0.2, -0.15) is 0 Å². The monoisotopic (exact) mass is 263 g/mol. The molecule has 1 amide bonds. The zero-order valence-electron chi connectivity index (χ0n) is 10.7. The number of aliphatic carboxylic acids is 1. The number of nitrogens with one attached hydrogen (secondary N) is 1. The largest absolute Gasteiger partial charge is 0.481 e. The molecule has 0 radical (unpaired) electrons. The van der Waals surface area contributed by atoms with E-state index in [4.69, 9.17) is 5.11 Å². The summed E-state index contributed by atoms with van der Waals surface area (Å²) in [6, 6.07) is 9.29. The molecule has 1 atom stereocenters. The summed E-state index contributed by atoms with van der Waals surface area (Å²) in [6.45, 7) is 1.25. The number of rotatable bonds is 6. The van der Waals surface area contributed by atoms with Gasteiger partial charge in [-0.05, 0) is 18.6 Å². The molecule has 0 fully saturated rings. The number of hydrogen-bond donors (Lipinski definition) is 3. The smallest absolute Gasteiger partial charge is 0.306 e. The van der Waals surface area contributed by atoms with Crippen LogP contribution in [0.5, 0.6) is 0 Å². The van der Waals surface area contributed by atoms with E-state index in [1.54, 1.807) is 6.08 Å². The predicted octanol–water partition coefficient (Wildman–Crippen LogP) is 1.04. The SMILES string of the molecule is CC(O)(CNC(=O)C=Cc1ccccc1)CC(=O)O. The van der Waals surface area contributed by atoms with Crippen LogP contribution < -0.4 is 5.32 Å². The van der Waals surface area contributed by atoms with Crippen molar-refractivity contribution < 1.29 is 19.8 Å². The topological polar surface area (TPSA) is 86.6 Å². The van der Waals surface area contributed by atoms with Crippen molar-refractivity contribution in [3.05, 3.63) is 42.0 Å². The summed E-state index contributed by atoms with van der Waals surface area (Å²) in [5.74, 6) is -1.49. The van der Waals surface area contributed by atoms with Crippen LogP contribution in [-0.4, -0.2) is 34.2 Å². The second-order valence-corrected chi connectivity index (χ2v) is 4.53. The third kappa shape index (κ3) is 6.38. The van der Waals surface area contributed by atoms with Crippen LogP contribution >= 0.6 is 0 Å². The summed E-state index contributed by atoms with van der Waals surface area (Å²) in [6.07, 6.45) is 2.56. The van der Waals surface area contributed by atoms with Crippen molar-refractivity contribution in [1.82, 2.24) is 5.32 Å². The van der Waals surface area contributed by atoms with Gasteiger partial charge in [-0.15, -0.1) is 0 Å². The molecule has 1 unspecified atom stereocenters. The number of carboxylic acid groups (broad SMARTS) is 1. The molecule has 0 aliphatic carbocycles. The minimum atomic E-state index is -1.46. The second-order valence-electron chi connectivity index (χ2n) is 4.53. The minimum Gasteiger partial charge on any atom is -0.481 e. The van der Waals surface area contributed by atoms with Crippen LogP contribution in [-0.2, 0) is 9.59 Å². The highest BCUT2D eigenvalue weighted by atomic mass is 16.4. The van der Waals surface area contributed by atoms with Gasteiger partial charge in [0, 0.05) is 12.6 Å². The quantitative estimate of drug-likeness (QED) is 0.669. The van der Waals surface area contributed by atoms with Gasteiger partial charge in [0.15, 0.2) is 0 Å². The second kappa shape index (κ2) is 6.70. The third-order valence-corrected chi connectivity index (χ3v) is 2.40. The fraction of sp³-hybridized carbons (Fsp3) is 0.286. The zero-order valence-corrected chi connectivity index (χ0v) is 10.7. The van der Waals surface area contributed by atoms with Gasteiger partial charge in [0.2, 0.25) is 5.91 Å². The lowest BCUT2D eigenvalue weighted by Gasteiger charge is -2.20. The number of hydrogen-bond acceptors (Lipinski definition) is 3. The van der Waals surface area contributed by atoms with E-state index in [0.29, 0.717) is 0 Å². The van der Waals surface area contributed by atoms with Crippen LogP contribution in [0.3, 0.4) is 0 Å². The summed E-state index contributed by atoms with van der Waals surface area (Å²) in [4.78, 5) is 22.0. The maximum absolute atomic E-state index is 11.5. The van der Waals surface area contributed by atoms with Crippen molar-refractivity contribution in [2.45, 2.75) is 18.9 Å². The van der Waals surface area contributed by atoms with Crippen LogP contribution in [0.25, 0.3) is 6.08 Å². The Morgan fingerprint density at radius 3 is 2.53 bits per heavy atom. The molecule has 3 N–H and O–H groups in total. The third-order valence-electron chi connectivity index (χ3n) is 2.40. The number of carboxylic acids is 1. The standard InChI is InChI=1S/C14H17NO4/c1-14(19,9-13(17)18)10-15-12(16)8-7-11-5-3-2-4-6-11/h2-8,19H,9-10H2,1H3,(H,15,16)(H,17,18). The molecular formula is C14H17NO4. The molecule has 0 bridgehead atoms. The Labute approximate surface area is 111 Å². The fourth-order valence-corrected chi connectivity index (χ4v) is 1.46. The zero-order chi connectivity index (χ0) is 14.3. The van der Waals surface area contributed by atoms with Crippen LogP contribution in [0.2, 0.25) is 0 Å². The Kier molecular flexibility index (Phi) is 5.26. The molecule has 1 rings (SSSR count). The Morgan fingerprint density at radius 1 is 1.32 bits per heavy atom. The highest BCUT2D eigenvalue weighted by Crippen LogP contribution is 2.07. The molecular weight excluding hydrogens is 246 g/mol. The van der Waals surface area contributed by atoms with Gasteiger partial charge in [0.25, 0.3) is 0 Å². The summed E-state index contributed by atoms with van der Waals surface area (Å²) in [5, 5.41) is 20.7. The number of amides is 1. The summed E-state index contributed by atoms with van der Waals surface area (Å²) in [7, 11) is 0. The first-order valence-corrected chi connectivity index (χ1v) is 5.84. The Morgan fingerprint density at radius 2 is 1.95 bits per heavy atom. The van der Waals surface area contributed by atoms with E-state index in [0.717, 1.165) is 5.56 Å². The maximum Gasteiger partial charge on any atom is 0.306 e. The van der Waals surface area contributed by atoms with Gasteiger partial charge in [-0.25, -0.2) is 0 Å². The average Bonchev–Trinajstić information content (AvgIpc) is 2.34. The van der Waals surface area contributed by atoms with Crippen LogP contribution in [0.15, 0.2) is 36.4 Å². The van der Waals surface area contributed by atoms with Gasteiger partial charge in [-0.3, -0.25) is 9.59 Å². The highest BCUT2D eigenvalue weighted by Gasteiger charge is 2.24. The first kappa shape index (κ1) is 14.9. The van der Waals surface area contributed by atoms with Gasteiger partial charge < -0.3 is 15.5 Å². The van der Waals surface area contributed by atoms with Crippen molar-refractivity contribution in [1.29, 1.82) is 0 Å². The average molecular weight is 263 g/mol. The molecule has 0 saturated heterocycles. The number of carbonyl (C=O) groups is 2. The normalized spacial score (nSPS) is 14.0. The number of benzene rings is 1. The van der Waals surface area contributed by atoms with Crippen molar-refractivity contribution in [3.63, 3.8) is 0 Å². The molecule has 102 valence electrons. The van der Waals surface area contributed by atoms with E-state index in [1.807, 2.05) is 30.3 Å². The van der Waals surface area contributed by atoms with Crippen LogP contribution in [0.1, 0.15) is 18.9 Å². The van der Waals surface area contributed by atoms with E-state index < -0.39 is 18.0 Å². The lowest BCUT2D eigenvalue weighted by Crippen LogP contribution is -2.41. The lowest BCUT2D eigenvalue weighted by molar-refractivity contribution is -0.142. The van der Waals surface area contributed by atoms with Crippen molar-refractivity contribution >= 4 is 18.0 Å². The summed E-state index contributed by atoms with van der Waals surface area (Å²) < 4.78 is 0. The lowest BCUT2D eigenvalue weighted by atomic mass is 10.0. The Hall–Kier alpha value is -2.14. The van der Waals surface area contributed by atoms with Gasteiger partial charge in [-0.1, -0.05) is 30.3 Å². The number of aliphatic hydroxyl groups is 1. The van der Waals surface area contributed by atoms with Gasteiger partial charge >= 0.3 is 5.97 Å². The molecule has 1 aromatic carbocycles. The van der Waals surface area contributed by atoms with E-state index >= 15 is 0 Å². The van der Waals surface area contributed by atoms with E-state index in [9.17, 15) is 14.7 Å². The molecule has 0 heterocycles. The van der Waals surface area contributed by atoms with Gasteiger partial charge in [0.1, 0.15) is 0 Å². The molecule has 0 saturated carbocycles. The van der Waals surface area contributed by atoms with Crippen LogP contribution in [0.4, 0.5) is 0 Å². The number of carbonyl (C=O) groups excluding carboxylic acids is 1.